The predicted octanol–water partition coefficient (Wildman–Crippen LogP) is 7.23. The Morgan fingerprint density at radius 1 is 0.972 bits per heavy atom. The lowest BCUT2D eigenvalue weighted by Crippen LogP contribution is -2.14. The molecule has 0 amide bonds. The van der Waals surface area contributed by atoms with Gasteiger partial charge in [-0.3, -0.25) is 4.99 Å². The summed E-state index contributed by atoms with van der Waals surface area (Å²) in [4.78, 5) is 21.5. The number of carbonyl (C=O) groups is 1. The van der Waals surface area contributed by atoms with Crippen LogP contribution in [0.3, 0.4) is 0 Å². The largest absolute Gasteiger partial charge is 0.478 e. The van der Waals surface area contributed by atoms with Crippen molar-refractivity contribution in [2.24, 2.45) is 4.99 Å². The molecule has 1 aliphatic rings. The third-order valence-corrected chi connectivity index (χ3v) is 6.81. The summed E-state index contributed by atoms with van der Waals surface area (Å²) in [5, 5.41) is 9.55. The molecule has 36 heavy (non-hydrogen) atoms. The number of aryl methyl sites for hydroxylation is 1. The molecule has 0 bridgehead atoms. The molecular weight excluding hydrogens is 446 g/mol. The Hall–Kier alpha value is -3.47. The van der Waals surface area contributed by atoms with Crippen molar-refractivity contribution in [2.75, 3.05) is 6.54 Å². The van der Waals surface area contributed by atoms with Crippen molar-refractivity contribution >= 4 is 17.8 Å². The summed E-state index contributed by atoms with van der Waals surface area (Å²) < 4.78 is 2.38. The molecule has 1 aliphatic carbocycles. The van der Waals surface area contributed by atoms with E-state index in [-0.39, 0.29) is 0 Å². The predicted molar refractivity (Wildman–Crippen MR) is 148 cm³/mol. The first-order valence-corrected chi connectivity index (χ1v) is 13.3. The van der Waals surface area contributed by atoms with Gasteiger partial charge in [0.1, 0.15) is 5.82 Å². The second-order valence-electron chi connectivity index (χ2n) is 9.54. The molecule has 0 radical (unpaired) electrons. The van der Waals surface area contributed by atoms with E-state index in [0.717, 1.165) is 73.6 Å². The number of allylic oxidation sites excluding steroid dienone is 1. The van der Waals surface area contributed by atoms with Crippen molar-refractivity contribution in [1.82, 2.24) is 9.55 Å². The van der Waals surface area contributed by atoms with E-state index in [1.807, 2.05) is 24.3 Å². The minimum absolute atomic E-state index is 0.323. The number of rotatable bonds is 12. The first-order valence-electron chi connectivity index (χ1n) is 13.3. The number of aromatic carboxylic acids is 1. The van der Waals surface area contributed by atoms with E-state index in [0.29, 0.717) is 5.56 Å². The highest BCUT2D eigenvalue weighted by atomic mass is 16.4. The van der Waals surface area contributed by atoms with Crippen LogP contribution in [0.2, 0.25) is 0 Å². The van der Waals surface area contributed by atoms with Crippen LogP contribution in [0.15, 0.2) is 59.6 Å². The fraction of sp³-hybridized carbons (Fsp3) is 0.387. The first-order chi connectivity index (χ1) is 17.6. The minimum Gasteiger partial charge on any atom is -0.478 e. The summed E-state index contributed by atoms with van der Waals surface area (Å²) in [6.07, 6.45) is 13.2. The fourth-order valence-electron chi connectivity index (χ4n) is 4.76. The molecule has 4 rings (SSSR count). The summed E-state index contributed by atoms with van der Waals surface area (Å²) in [5.74, 6) is 0.229. The Bertz CT molecular complexity index is 1240. The van der Waals surface area contributed by atoms with E-state index < -0.39 is 5.97 Å². The molecule has 0 saturated heterocycles. The number of benzene rings is 2. The van der Waals surface area contributed by atoms with Gasteiger partial charge in [-0.1, -0.05) is 82.0 Å². The molecule has 0 atom stereocenters. The zero-order chi connectivity index (χ0) is 25.3. The van der Waals surface area contributed by atoms with Gasteiger partial charge >= 0.3 is 5.97 Å². The number of unbranched alkanes of at least 4 members (excludes halogenated alkanes) is 4. The van der Waals surface area contributed by atoms with Gasteiger partial charge in [-0.2, -0.15) is 0 Å². The number of carboxylic acid groups (broad SMARTS) is 1. The monoisotopic (exact) mass is 483 g/mol. The van der Waals surface area contributed by atoms with Gasteiger partial charge in [0.15, 0.2) is 0 Å². The SMILES string of the molecule is CCCCCCN=C1C=Cc2nc(CCCC)n(Cc3ccc(-c4ccccc4C(=O)O)cc3)c2C1. The lowest BCUT2D eigenvalue weighted by molar-refractivity contribution is 0.0697. The van der Waals surface area contributed by atoms with Gasteiger partial charge < -0.3 is 9.67 Å². The maximum atomic E-state index is 11.6. The summed E-state index contributed by atoms with van der Waals surface area (Å²) in [7, 11) is 0. The van der Waals surface area contributed by atoms with Crippen molar-refractivity contribution in [3.05, 3.63) is 82.9 Å². The van der Waals surface area contributed by atoms with E-state index in [1.165, 1.54) is 30.5 Å². The Kier molecular flexibility index (Phi) is 8.88. The van der Waals surface area contributed by atoms with Gasteiger partial charge in [0, 0.05) is 31.6 Å². The zero-order valence-electron chi connectivity index (χ0n) is 21.5. The quantitative estimate of drug-likeness (QED) is 0.276. The van der Waals surface area contributed by atoms with Gasteiger partial charge in [-0.05, 0) is 47.8 Å². The van der Waals surface area contributed by atoms with Gasteiger partial charge in [-0.25, -0.2) is 9.78 Å². The first kappa shape index (κ1) is 25.6. The van der Waals surface area contributed by atoms with Gasteiger partial charge in [-0.15, -0.1) is 0 Å². The van der Waals surface area contributed by atoms with E-state index in [1.54, 1.807) is 12.1 Å². The number of nitrogens with zero attached hydrogens (tertiary/aromatic N) is 3. The van der Waals surface area contributed by atoms with E-state index in [4.69, 9.17) is 9.98 Å². The van der Waals surface area contributed by atoms with Crippen LogP contribution in [0.25, 0.3) is 17.2 Å². The Morgan fingerprint density at radius 2 is 1.75 bits per heavy atom. The second kappa shape index (κ2) is 12.5. The van der Waals surface area contributed by atoms with Crippen molar-refractivity contribution < 1.29 is 9.90 Å². The van der Waals surface area contributed by atoms with Gasteiger partial charge in [0.25, 0.3) is 0 Å². The van der Waals surface area contributed by atoms with E-state index >= 15 is 0 Å². The van der Waals surface area contributed by atoms with Crippen LogP contribution >= 0.6 is 0 Å². The highest BCUT2D eigenvalue weighted by molar-refractivity contribution is 6.02. The fourth-order valence-corrected chi connectivity index (χ4v) is 4.76. The molecular formula is C31H37N3O2. The Labute approximate surface area is 214 Å². The molecule has 1 aromatic heterocycles. The lowest BCUT2D eigenvalue weighted by atomic mass is 9.98. The Morgan fingerprint density at radius 3 is 2.50 bits per heavy atom. The molecule has 188 valence electrons. The highest BCUT2D eigenvalue weighted by Crippen LogP contribution is 2.26. The van der Waals surface area contributed by atoms with Crippen LogP contribution in [0.4, 0.5) is 0 Å². The number of aliphatic imine (C=N–C) groups is 1. The number of aromatic nitrogens is 2. The normalized spacial score (nSPS) is 13.8. The summed E-state index contributed by atoms with van der Waals surface area (Å²) >= 11 is 0. The maximum Gasteiger partial charge on any atom is 0.336 e. The number of imidazole rings is 1. The van der Waals surface area contributed by atoms with Crippen LogP contribution in [-0.2, 0) is 19.4 Å². The molecule has 0 spiro atoms. The van der Waals surface area contributed by atoms with Crippen LogP contribution in [-0.4, -0.2) is 32.9 Å². The molecule has 3 aromatic rings. The molecule has 0 aliphatic heterocycles. The lowest BCUT2D eigenvalue weighted by Gasteiger charge is -2.15. The Balaban J connectivity index is 1.56. The average Bonchev–Trinajstić information content (AvgIpc) is 3.24. The summed E-state index contributed by atoms with van der Waals surface area (Å²) in [6.45, 7) is 6.09. The number of carboxylic acids is 1. The van der Waals surface area contributed by atoms with Crippen molar-refractivity contribution in [2.45, 2.75) is 71.8 Å². The minimum atomic E-state index is -0.906. The number of fused-ring (bicyclic) bond motifs is 1. The van der Waals surface area contributed by atoms with Crippen molar-refractivity contribution in [3.8, 4) is 11.1 Å². The van der Waals surface area contributed by atoms with Crippen LogP contribution in [0.1, 0.15) is 85.5 Å². The molecule has 0 unspecified atom stereocenters. The number of hydrogen-bond donors (Lipinski definition) is 1. The van der Waals surface area contributed by atoms with Gasteiger partial charge in [0.05, 0.1) is 17.0 Å². The molecule has 0 fully saturated rings. The summed E-state index contributed by atoms with van der Waals surface area (Å²) in [6, 6.07) is 15.4. The maximum absolute atomic E-state index is 11.6. The summed E-state index contributed by atoms with van der Waals surface area (Å²) in [5.41, 5.74) is 6.61. The third kappa shape index (κ3) is 6.20. The van der Waals surface area contributed by atoms with Crippen LogP contribution < -0.4 is 0 Å². The standard InChI is InChI=1S/C31H37N3O2/c1-3-5-7-10-20-32-25-18-19-28-29(21-25)34(30(33-28)13-6-4-2)22-23-14-16-24(17-15-23)26-11-8-9-12-27(26)31(35)36/h8-9,11-12,14-19H,3-7,10,13,20-22H2,1-2H3,(H,35,36). The number of hydrogen-bond acceptors (Lipinski definition) is 3. The molecule has 5 heteroatoms. The topological polar surface area (TPSA) is 67.5 Å². The van der Waals surface area contributed by atoms with Crippen molar-refractivity contribution in [1.29, 1.82) is 0 Å². The molecule has 1 heterocycles. The van der Waals surface area contributed by atoms with E-state index in [2.05, 4.69) is 42.7 Å². The smallest absolute Gasteiger partial charge is 0.336 e. The molecule has 0 saturated carbocycles. The molecule has 2 aromatic carbocycles. The van der Waals surface area contributed by atoms with Crippen molar-refractivity contribution in [3.63, 3.8) is 0 Å². The highest BCUT2D eigenvalue weighted by Gasteiger charge is 2.20. The van der Waals surface area contributed by atoms with Gasteiger partial charge in [0.2, 0.25) is 0 Å². The van der Waals surface area contributed by atoms with Crippen LogP contribution in [0, 0.1) is 0 Å². The third-order valence-electron chi connectivity index (χ3n) is 6.81. The molecule has 1 N–H and O–H groups in total. The second-order valence-corrected chi connectivity index (χ2v) is 9.54. The van der Waals surface area contributed by atoms with E-state index in [9.17, 15) is 9.90 Å². The molecule has 5 nitrogen and oxygen atoms in total. The zero-order valence-corrected chi connectivity index (χ0v) is 21.5. The van der Waals surface area contributed by atoms with Crippen LogP contribution in [0.5, 0.6) is 0 Å². The average molecular weight is 484 g/mol.